The number of nitrogens with two attached hydrogens (primary N) is 1. The Morgan fingerprint density at radius 3 is 2.44 bits per heavy atom. The van der Waals surface area contributed by atoms with Gasteiger partial charge in [0.05, 0.1) is 22.5 Å². The Morgan fingerprint density at radius 1 is 1.19 bits per heavy atom. The maximum atomic E-state index is 14.7. The van der Waals surface area contributed by atoms with Crippen LogP contribution in [0.5, 0.6) is 0 Å². The van der Waals surface area contributed by atoms with E-state index < -0.39 is 37.8 Å². The zero-order valence-electron chi connectivity index (χ0n) is 13.0. The molecule has 0 amide bonds. The lowest BCUT2D eigenvalue weighted by molar-refractivity contribution is 0.425. The maximum Gasteiger partial charge on any atom is 0.280 e. The first kappa shape index (κ1) is 19.8. The number of anilines is 2. The van der Waals surface area contributed by atoms with E-state index in [2.05, 4.69) is 5.32 Å². The van der Waals surface area contributed by atoms with Gasteiger partial charge in [0, 0.05) is 9.13 Å². The Hall–Kier alpha value is -1.96. The average Bonchev–Trinajstić information content (AvgIpc) is 2.99. The summed E-state index contributed by atoms with van der Waals surface area (Å²) in [5, 5.41) is 9.74. The van der Waals surface area contributed by atoms with E-state index in [1.54, 1.807) is 12.1 Å². The topological polar surface area (TPSA) is 118 Å². The van der Waals surface area contributed by atoms with Crippen molar-refractivity contribution in [3.63, 3.8) is 0 Å². The standard InChI is InChI=1S/C15H9ClF2IN3O4S/c16-8-3-6(19)1-2-9(8)21-15-7(10-5-12(23)22-26-10)4-11(27(20,24)25)13(17)14(15)18/h1-5,21H,(H,22,23)(H2,20,24,25). The summed E-state index contributed by atoms with van der Waals surface area (Å²) in [5.74, 6) is -3.44. The van der Waals surface area contributed by atoms with Crippen molar-refractivity contribution in [2.24, 2.45) is 5.14 Å². The molecule has 0 atom stereocenters. The average molecular weight is 528 g/mol. The Kier molecular flexibility index (Phi) is 5.29. The second-order valence-corrected chi connectivity index (χ2v) is 8.48. The van der Waals surface area contributed by atoms with Gasteiger partial charge in [0.15, 0.2) is 17.4 Å². The number of aromatic amines is 1. The summed E-state index contributed by atoms with van der Waals surface area (Å²) in [6.07, 6.45) is 0. The number of hydrogen-bond donors (Lipinski definition) is 3. The lowest BCUT2D eigenvalue weighted by atomic mass is 10.1. The highest BCUT2D eigenvalue weighted by atomic mass is 127. The first-order valence-corrected chi connectivity index (χ1v) is 10.0. The zero-order valence-corrected chi connectivity index (χ0v) is 16.7. The number of primary sulfonamides is 1. The molecule has 12 heteroatoms. The lowest BCUT2D eigenvalue weighted by Crippen LogP contribution is -2.16. The maximum absolute atomic E-state index is 14.7. The Bertz CT molecular complexity index is 1210. The van der Waals surface area contributed by atoms with Gasteiger partial charge in [-0.1, -0.05) is 11.6 Å². The van der Waals surface area contributed by atoms with Crippen molar-refractivity contribution in [3.05, 3.63) is 60.9 Å². The first-order chi connectivity index (χ1) is 12.6. The fourth-order valence-corrected chi connectivity index (χ4v) is 3.79. The summed E-state index contributed by atoms with van der Waals surface area (Å²) in [7, 11) is -4.58. The number of sulfonamides is 1. The Morgan fingerprint density at radius 2 is 1.89 bits per heavy atom. The van der Waals surface area contributed by atoms with Crippen LogP contribution < -0.4 is 16.0 Å². The van der Waals surface area contributed by atoms with E-state index in [4.69, 9.17) is 21.3 Å². The minimum atomic E-state index is -4.58. The van der Waals surface area contributed by atoms with Gasteiger partial charge in [-0.05, 0) is 46.9 Å². The molecule has 0 bridgehead atoms. The van der Waals surface area contributed by atoms with Crippen LogP contribution in [0.25, 0.3) is 11.3 Å². The third-order valence-corrected chi connectivity index (χ3v) is 5.35. The van der Waals surface area contributed by atoms with Crippen LogP contribution in [0.3, 0.4) is 0 Å². The SMILES string of the molecule is NS(=O)(=O)c1cc(-c2cc(=O)[nH]o2)c(Nc2ccc(I)cc2Cl)c(F)c1F. The predicted octanol–water partition coefficient (Wildman–Crippen LogP) is 3.56. The number of H-pyrrole nitrogens is 1. The van der Waals surface area contributed by atoms with Gasteiger partial charge in [-0.3, -0.25) is 4.79 Å². The van der Waals surface area contributed by atoms with Crippen LogP contribution >= 0.6 is 34.2 Å². The molecular formula is C15H9ClF2IN3O4S. The first-order valence-electron chi connectivity index (χ1n) is 7.03. The van der Waals surface area contributed by atoms with Gasteiger partial charge < -0.3 is 9.84 Å². The molecule has 0 aliphatic heterocycles. The van der Waals surface area contributed by atoms with Gasteiger partial charge in [0.2, 0.25) is 10.0 Å². The molecule has 0 saturated heterocycles. The zero-order chi connectivity index (χ0) is 19.9. The summed E-state index contributed by atoms with van der Waals surface area (Å²) >= 11 is 8.12. The van der Waals surface area contributed by atoms with Crippen LogP contribution in [-0.4, -0.2) is 13.6 Å². The molecule has 27 heavy (non-hydrogen) atoms. The van der Waals surface area contributed by atoms with E-state index in [1.807, 2.05) is 27.7 Å². The van der Waals surface area contributed by atoms with E-state index in [-0.39, 0.29) is 22.0 Å². The van der Waals surface area contributed by atoms with Gasteiger partial charge in [0.1, 0.15) is 4.90 Å². The van der Waals surface area contributed by atoms with Gasteiger partial charge in [0.25, 0.3) is 5.56 Å². The molecule has 4 N–H and O–H groups in total. The molecule has 0 spiro atoms. The molecule has 0 radical (unpaired) electrons. The fourth-order valence-electron chi connectivity index (χ4n) is 2.27. The smallest absolute Gasteiger partial charge is 0.280 e. The van der Waals surface area contributed by atoms with Gasteiger partial charge in [-0.25, -0.2) is 22.3 Å². The second-order valence-electron chi connectivity index (χ2n) is 5.30. The Labute approximate surface area is 169 Å². The molecule has 2 aromatic carbocycles. The lowest BCUT2D eigenvalue weighted by Gasteiger charge is -2.15. The van der Waals surface area contributed by atoms with Crippen LogP contribution in [0.2, 0.25) is 5.02 Å². The van der Waals surface area contributed by atoms with Crippen molar-refractivity contribution in [2.45, 2.75) is 4.90 Å². The number of benzene rings is 2. The Balaban J connectivity index is 2.28. The minimum absolute atomic E-state index is 0.207. The monoisotopic (exact) mass is 527 g/mol. The highest BCUT2D eigenvalue weighted by Gasteiger charge is 2.27. The number of aromatic nitrogens is 1. The van der Waals surface area contributed by atoms with Crippen LogP contribution in [0.15, 0.2) is 44.5 Å². The normalized spacial score (nSPS) is 11.6. The van der Waals surface area contributed by atoms with Gasteiger partial charge in [-0.15, -0.1) is 0 Å². The number of rotatable bonds is 4. The fraction of sp³-hybridized carbons (Fsp3) is 0. The van der Waals surface area contributed by atoms with E-state index in [0.29, 0.717) is 0 Å². The molecule has 0 saturated carbocycles. The molecule has 0 aliphatic carbocycles. The van der Waals surface area contributed by atoms with Crippen molar-refractivity contribution < 1.29 is 21.7 Å². The summed E-state index contributed by atoms with van der Waals surface area (Å²) in [4.78, 5) is 10.3. The summed E-state index contributed by atoms with van der Waals surface area (Å²) in [6.45, 7) is 0. The third kappa shape index (κ3) is 4.00. The highest BCUT2D eigenvalue weighted by Crippen LogP contribution is 2.38. The molecule has 1 aromatic heterocycles. The molecule has 3 rings (SSSR count). The number of nitrogens with one attached hydrogen (secondary N) is 2. The molecule has 1 heterocycles. The summed E-state index contributed by atoms with van der Waals surface area (Å²) < 4.78 is 57.9. The largest absolute Gasteiger partial charge is 0.378 e. The van der Waals surface area contributed by atoms with Crippen molar-refractivity contribution in [3.8, 4) is 11.3 Å². The predicted molar refractivity (Wildman–Crippen MR) is 104 cm³/mol. The van der Waals surface area contributed by atoms with Gasteiger partial charge in [-0.2, -0.15) is 5.16 Å². The van der Waals surface area contributed by atoms with Crippen LogP contribution in [-0.2, 0) is 10.0 Å². The number of hydrogen-bond acceptors (Lipinski definition) is 5. The summed E-state index contributed by atoms with van der Waals surface area (Å²) in [6, 6.07) is 6.47. The highest BCUT2D eigenvalue weighted by molar-refractivity contribution is 14.1. The van der Waals surface area contributed by atoms with E-state index >= 15 is 0 Å². The van der Waals surface area contributed by atoms with Crippen molar-refractivity contribution >= 4 is 55.6 Å². The van der Waals surface area contributed by atoms with E-state index in [0.717, 1.165) is 15.7 Å². The molecule has 0 aliphatic rings. The minimum Gasteiger partial charge on any atom is -0.378 e. The van der Waals surface area contributed by atoms with Crippen LogP contribution in [0.1, 0.15) is 0 Å². The van der Waals surface area contributed by atoms with Crippen molar-refractivity contribution in [2.75, 3.05) is 5.32 Å². The molecule has 0 fully saturated rings. The van der Waals surface area contributed by atoms with Crippen molar-refractivity contribution in [1.82, 2.24) is 5.16 Å². The molecule has 3 aromatic rings. The molecule has 142 valence electrons. The number of halogens is 4. The van der Waals surface area contributed by atoms with Gasteiger partial charge >= 0.3 is 0 Å². The molecule has 0 unspecified atom stereocenters. The van der Waals surface area contributed by atoms with Crippen molar-refractivity contribution in [1.29, 1.82) is 0 Å². The van der Waals surface area contributed by atoms with Crippen LogP contribution in [0, 0.1) is 15.2 Å². The van der Waals surface area contributed by atoms with E-state index in [9.17, 15) is 22.0 Å². The third-order valence-electron chi connectivity index (χ3n) is 3.46. The molecule has 7 nitrogen and oxygen atoms in total. The second kappa shape index (κ2) is 7.22. The molecular weight excluding hydrogens is 519 g/mol. The van der Waals surface area contributed by atoms with Crippen LogP contribution in [0.4, 0.5) is 20.2 Å². The quantitative estimate of drug-likeness (QED) is 0.449. The summed E-state index contributed by atoms with van der Waals surface area (Å²) in [5.41, 5.74) is -1.17. The van der Waals surface area contributed by atoms with E-state index in [1.165, 1.54) is 6.07 Å².